The summed E-state index contributed by atoms with van der Waals surface area (Å²) in [5.41, 5.74) is 1.15. The van der Waals surface area contributed by atoms with Crippen LogP contribution in [0.5, 0.6) is 5.75 Å². The molecule has 30 heavy (non-hydrogen) atoms. The fourth-order valence-corrected chi connectivity index (χ4v) is 4.90. The average molecular weight is 404 g/mol. The number of nitrogens with one attached hydrogen (secondary N) is 1. The third kappa shape index (κ3) is 3.08. The molecule has 2 amide bonds. The molecule has 2 fully saturated rings. The highest BCUT2D eigenvalue weighted by Gasteiger charge is 2.66. The van der Waals surface area contributed by atoms with Crippen LogP contribution in [0.1, 0.15) is 5.56 Å². The van der Waals surface area contributed by atoms with Gasteiger partial charge in [-0.15, -0.1) is 0 Å². The summed E-state index contributed by atoms with van der Waals surface area (Å²) >= 11 is 0. The SMILES string of the molecule is COc1cccc(NC(=O)C2C3C(=O)N(CCc4ccccc4)C[C@]34C=C[C@H]2O4)c1. The molecule has 2 aromatic rings. The van der Waals surface area contributed by atoms with Crippen LogP contribution < -0.4 is 10.1 Å². The number of carbonyl (C=O) groups excluding carboxylic acids is 2. The fourth-order valence-electron chi connectivity index (χ4n) is 4.90. The van der Waals surface area contributed by atoms with Gasteiger partial charge < -0.3 is 19.7 Å². The van der Waals surface area contributed by atoms with Crippen molar-refractivity contribution in [2.24, 2.45) is 11.8 Å². The van der Waals surface area contributed by atoms with Crippen molar-refractivity contribution in [3.63, 3.8) is 0 Å². The predicted octanol–water partition coefficient (Wildman–Crippen LogP) is 2.66. The average Bonchev–Trinajstić information content (AvgIpc) is 3.41. The van der Waals surface area contributed by atoms with Crippen molar-refractivity contribution >= 4 is 17.5 Å². The molecule has 6 heteroatoms. The molecule has 154 valence electrons. The number of carbonyl (C=O) groups is 2. The second-order valence-corrected chi connectivity index (χ2v) is 8.12. The van der Waals surface area contributed by atoms with E-state index in [2.05, 4.69) is 17.4 Å². The Morgan fingerprint density at radius 3 is 2.87 bits per heavy atom. The molecule has 0 aliphatic carbocycles. The third-order valence-electron chi connectivity index (χ3n) is 6.33. The molecule has 6 nitrogen and oxygen atoms in total. The number of fused-ring (bicyclic) bond motifs is 1. The van der Waals surface area contributed by atoms with Crippen LogP contribution in [-0.4, -0.2) is 48.6 Å². The van der Waals surface area contributed by atoms with Gasteiger partial charge in [0.2, 0.25) is 11.8 Å². The lowest BCUT2D eigenvalue weighted by atomic mass is 9.77. The molecular weight excluding hydrogens is 380 g/mol. The lowest BCUT2D eigenvalue weighted by molar-refractivity contribution is -0.135. The Hall–Kier alpha value is -3.12. The largest absolute Gasteiger partial charge is 0.497 e. The number of benzene rings is 2. The second-order valence-electron chi connectivity index (χ2n) is 8.12. The van der Waals surface area contributed by atoms with E-state index in [-0.39, 0.29) is 17.9 Å². The summed E-state index contributed by atoms with van der Waals surface area (Å²) in [7, 11) is 1.58. The van der Waals surface area contributed by atoms with Crippen molar-refractivity contribution < 1.29 is 19.1 Å². The maximum atomic E-state index is 13.3. The lowest BCUT2D eigenvalue weighted by Crippen LogP contribution is -2.41. The van der Waals surface area contributed by atoms with Crippen LogP contribution >= 0.6 is 0 Å². The van der Waals surface area contributed by atoms with Crippen LogP contribution in [0, 0.1) is 11.8 Å². The Bertz CT molecular complexity index is 1010. The number of rotatable bonds is 6. The number of methoxy groups -OCH3 is 1. The first-order valence-corrected chi connectivity index (χ1v) is 10.2. The summed E-state index contributed by atoms with van der Waals surface area (Å²) in [4.78, 5) is 28.3. The van der Waals surface area contributed by atoms with E-state index >= 15 is 0 Å². The molecular formula is C24H24N2O4. The van der Waals surface area contributed by atoms with Gasteiger partial charge in [0.25, 0.3) is 0 Å². The first-order valence-electron chi connectivity index (χ1n) is 10.2. The van der Waals surface area contributed by atoms with E-state index in [0.717, 1.165) is 6.42 Å². The van der Waals surface area contributed by atoms with Crippen LogP contribution in [0.15, 0.2) is 66.7 Å². The predicted molar refractivity (Wildman–Crippen MR) is 112 cm³/mol. The first-order chi connectivity index (χ1) is 14.6. The zero-order valence-electron chi connectivity index (χ0n) is 16.8. The molecule has 3 heterocycles. The summed E-state index contributed by atoms with van der Waals surface area (Å²) in [5.74, 6) is -0.534. The van der Waals surface area contributed by atoms with Gasteiger partial charge in [0.15, 0.2) is 0 Å². The van der Waals surface area contributed by atoms with Gasteiger partial charge in [-0.05, 0) is 24.1 Å². The normalized spacial score (nSPS) is 28.6. The van der Waals surface area contributed by atoms with Crippen molar-refractivity contribution in [2.45, 2.75) is 18.1 Å². The molecule has 4 atom stereocenters. The van der Waals surface area contributed by atoms with E-state index < -0.39 is 17.4 Å². The van der Waals surface area contributed by atoms with E-state index in [9.17, 15) is 9.59 Å². The van der Waals surface area contributed by atoms with E-state index in [1.54, 1.807) is 13.2 Å². The molecule has 2 unspecified atom stereocenters. The maximum Gasteiger partial charge on any atom is 0.231 e. The highest BCUT2D eigenvalue weighted by atomic mass is 16.5. The smallest absolute Gasteiger partial charge is 0.231 e. The second kappa shape index (κ2) is 7.29. The zero-order chi connectivity index (χ0) is 20.7. The topological polar surface area (TPSA) is 67.9 Å². The molecule has 2 aromatic carbocycles. The van der Waals surface area contributed by atoms with Crippen molar-refractivity contribution in [3.05, 3.63) is 72.3 Å². The molecule has 1 N–H and O–H groups in total. The molecule has 2 bridgehead atoms. The Morgan fingerprint density at radius 1 is 1.23 bits per heavy atom. The molecule has 1 spiro atoms. The monoisotopic (exact) mass is 404 g/mol. The summed E-state index contributed by atoms with van der Waals surface area (Å²) in [6.07, 6.45) is 4.34. The molecule has 0 aromatic heterocycles. The Kier molecular flexibility index (Phi) is 4.59. The van der Waals surface area contributed by atoms with Crippen LogP contribution in [0.2, 0.25) is 0 Å². The van der Waals surface area contributed by atoms with Gasteiger partial charge in [-0.3, -0.25) is 9.59 Å². The maximum absolute atomic E-state index is 13.3. The number of nitrogens with zero attached hydrogens (tertiary/aromatic N) is 1. The Labute approximate surface area is 175 Å². The van der Waals surface area contributed by atoms with Crippen LogP contribution in [0.25, 0.3) is 0 Å². The minimum atomic E-state index is -0.686. The van der Waals surface area contributed by atoms with Gasteiger partial charge in [-0.1, -0.05) is 48.6 Å². The number of hydrogen-bond donors (Lipinski definition) is 1. The minimum Gasteiger partial charge on any atom is -0.497 e. The first kappa shape index (κ1) is 18.9. The molecule has 2 saturated heterocycles. The minimum absolute atomic E-state index is 0.00331. The van der Waals surface area contributed by atoms with Crippen molar-refractivity contribution in [1.29, 1.82) is 0 Å². The molecule has 3 aliphatic rings. The van der Waals surface area contributed by atoms with E-state index in [4.69, 9.17) is 9.47 Å². The van der Waals surface area contributed by atoms with Crippen LogP contribution in [0.3, 0.4) is 0 Å². The van der Waals surface area contributed by atoms with Crippen molar-refractivity contribution in [3.8, 4) is 5.75 Å². The number of amides is 2. The van der Waals surface area contributed by atoms with Crippen LogP contribution in [0.4, 0.5) is 5.69 Å². The van der Waals surface area contributed by atoms with Gasteiger partial charge in [0.1, 0.15) is 11.4 Å². The van der Waals surface area contributed by atoms with E-state index in [1.165, 1.54) is 5.56 Å². The fraction of sp³-hybridized carbons (Fsp3) is 0.333. The number of hydrogen-bond acceptors (Lipinski definition) is 4. The number of anilines is 1. The third-order valence-corrected chi connectivity index (χ3v) is 6.33. The molecule has 0 radical (unpaired) electrons. The van der Waals surface area contributed by atoms with E-state index in [0.29, 0.717) is 24.5 Å². The van der Waals surface area contributed by atoms with Crippen molar-refractivity contribution in [2.75, 3.05) is 25.5 Å². The van der Waals surface area contributed by atoms with Gasteiger partial charge in [0, 0.05) is 18.3 Å². The van der Waals surface area contributed by atoms with Crippen molar-refractivity contribution in [1.82, 2.24) is 4.90 Å². The molecule has 5 rings (SSSR count). The molecule has 3 aliphatic heterocycles. The summed E-state index contributed by atoms with van der Waals surface area (Å²) < 4.78 is 11.4. The van der Waals surface area contributed by atoms with Gasteiger partial charge in [0.05, 0.1) is 31.6 Å². The van der Waals surface area contributed by atoms with Gasteiger partial charge in [-0.2, -0.15) is 0 Å². The zero-order valence-corrected chi connectivity index (χ0v) is 16.8. The Morgan fingerprint density at radius 2 is 2.07 bits per heavy atom. The summed E-state index contributed by atoms with van der Waals surface area (Å²) in [6, 6.07) is 17.3. The number of ether oxygens (including phenoxy) is 2. The quantitative estimate of drug-likeness (QED) is 0.752. The number of likely N-dealkylation sites (tertiary alicyclic amines) is 1. The Balaban J connectivity index is 1.32. The van der Waals surface area contributed by atoms with Gasteiger partial charge in [-0.25, -0.2) is 0 Å². The van der Waals surface area contributed by atoms with E-state index in [1.807, 2.05) is 53.5 Å². The highest BCUT2D eigenvalue weighted by molar-refractivity contribution is 5.99. The molecule has 0 saturated carbocycles. The summed E-state index contributed by atoms with van der Waals surface area (Å²) in [6.45, 7) is 1.12. The highest BCUT2D eigenvalue weighted by Crippen LogP contribution is 2.52. The van der Waals surface area contributed by atoms with Gasteiger partial charge >= 0.3 is 0 Å². The standard InChI is InChI=1S/C24H24N2O4/c1-29-18-9-5-8-17(14-18)25-22(27)20-19-10-12-24(30-19)15-26(23(28)21(20)24)13-11-16-6-3-2-4-7-16/h2-10,12,14,19-21H,11,13,15H2,1H3,(H,25,27)/t19-,20?,21?,24-/m1/s1. The van der Waals surface area contributed by atoms with Crippen LogP contribution in [-0.2, 0) is 20.7 Å². The summed E-state index contributed by atoms with van der Waals surface area (Å²) in [5, 5.41) is 2.94. The lowest BCUT2D eigenvalue weighted by Gasteiger charge is -2.23.